The van der Waals surface area contributed by atoms with E-state index in [-0.39, 0.29) is 36.2 Å². The van der Waals surface area contributed by atoms with E-state index >= 15 is 0 Å². The summed E-state index contributed by atoms with van der Waals surface area (Å²) in [6, 6.07) is 5.44. The number of methoxy groups -OCH3 is 2. The number of halogens is 1. The molecule has 7 nitrogen and oxygen atoms in total. The second-order valence-electron chi connectivity index (χ2n) is 7.75. The van der Waals surface area contributed by atoms with Crippen molar-refractivity contribution in [2.75, 3.05) is 40.4 Å². The second kappa shape index (κ2) is 10.7. The molecule has 0 spiro atoms. The highest BCUT2D eigenvalue weighted by atomic mass is 35.5. The number of nitrogens with one attached hydrogen (secondary N) is 2. The number of rotatable bonds is 5. The predicted octanol–water partition coefficient (Wildman–Crippen LogP) is 2.09. The van der Waals surface area contributed by atoms with Crippen LogP contribution in [0.3, 0.4) is 0 Å². The first-order valence-electron chi connectivity index (χ1n) is 10.0. The van der Waals surface area contributed by atoms with Crippen molar-refractivity contribution < 1.29 is 19.1 Å². The number of amides is 2. The molecule has 2 heterocycles. The van der Waals surface area contributed by atoms with Crippen molar-refractivity contribution in [1.82, 2.24) is 15.5 Å². The van der Waals surface area contributed by atoms with Gasteiger partial charge in [-0.2, -0.15) is 0 Å². The lowest BCUT2D eigenvalue weighted by molar-refractivity contribution is -0.127. The average Bonchev–Trinajstić information content (AvgIpc) is 2.74. The molecule has 2 aliphatic rings. The molecule has 0 saturated carbocycles. The van der Waals surface area contributed by atoms with Gasteiger partial charge in [-0.1, -0.05) is 6.92 Å². The van der Waals surface area contributed by atoms with E-state index in [1.807, 2.05) is 4.90 Å². The molecule has 3 rings (SSSR count). The zero-order valence-corrected chi connectivity index (χ0v) is 18.2. The van der Waals surface area contributed by atoms with Crippen LogP contribution in [0.1, 0.15) is 36.5 Å². The number of benzene rings is 1. The highest BCUT2D eigenvalue weighted by molar-refractivity contribution is 5.95. The van der Waals surface area contributed by atoms with Gasteiger partial charge in [0.25, 0.3) is 5.91 Å². The number of carbonyl (C=O) groups is 2. The Morgan fingerprint density at radius 2 is 1.69 bits per heavy atom. The highest BCUT2D eigenvalue weighted by Gasteiger charge is 2.30. The normalized spacial score (nSPS) is 22.4. The zero-order valence-electron chi connectivity index (χ0n) is 17.4. The Labute approximate surface area is 178 Å². The van der Waals surface area contributed by atoms with E-state index in [9.17, 15) is 9.59 Å². The average molecular weight is 426 g/mol. The molecule has 29 heavy (non-hydrogen) atoms. The van der Waals surface area contributed by atoms with Gasteiger partial charge >= 0.3 is 0 Å². The summed E-state index contributed by atoms with van der Waals surface area (Å²) in [4.78, 5) is 27.3. The van der Waals surface area contributed by atoms with Crippen LogP contribution in [0.4, 0.5) is 0 Å². The maximum absolute atomic E-state index is 12.9. The van der Waals surface area contributed by atoms with Crippen molar-refractivity contribution in [2.24, 2.45) is 11.8 Å². The third-order valence-electron chi connectivity index (χ3n) is 5.86. The van der Waals surface area contributed by atoms with Gasteiger partial charge in [0.05, 0.1) is 14.2 Å². The molecule has 2 aliphatic heterocycles. The Hall–Kier alpha value is -1.99. The fraction of sp³-hybridized carbons (Fsp3) is 0.619. The van der Waals surface area contributed by atoms with Gasteiger partial charge in [-0.15, -0.1) is 12.4 Å². The van der Waals surface area contributed by atoms with Gasteiger partial charge in [-0.3, -0.25) is 9.59 Å². The summed E-state index contributed by atoms with van der Waals surface area (Å²) in [5.41, 5.74) is 0.544. The fourth-order valence-corrected chi connectivity index (χ4v) is 3.99. The van der Waals surface area contributed by atoms with Crippen LogP contribution in [0.5, 0.6) is 11.5 Å². The molecule has 1 aromatic rings. The Bertz CT molecular complexity index is 685. The minimum atomic E-state index is -0.0527. The SMILES string of the molecule is COc1cc(OC)cc(C(=O)N2CCC(C(=O)NC3CCNCC3C)CC2)c1.Cl. The van der Waals surface area contributed by atoms with E-state index in [2.05, 4.69) is 17.6 Å². The number of ether oxygens (including phenoxy) is 2. The second-order valence-corrected chi connectivity index (χ2v) is 7.75. The van der Waals surface area contributed by atoms with Gasteiger partial charge < -0.3 is 25.0 Å². The molecule has 0 aliphatic carbocycles. The largest absolute Gasteiger partial charge is 0.497 e. The Morgan fingerprint density at radius 3 is 2.24 bits per heavy atom. The molecule has 2 fully saturated rings. The number of hydrogen-bond acceptors (Lipinski definition) is 5. The minimum absolute atomic E-state index is 0. The summed E-state index contributed by atoms with van der Waals surface area (Å²) in [5.74, 6) is 1.69. The standard InChI is InChI=1S/C21H31N3O4.ClH/c1-14-13-22-7-4-19(14)23-20(25)15-5-8-24(9-6-15)21(26)16-10-17(27-2)12-18(11-16)28-3;/h10-12,14-15,19,22H,4-9,13H2,1-3H3,(H,23,25);1H. The summed E-state index contributed by atoms with van der Waals surface area (Å²) in [6.07, 6.45) is 2.36. The summed E-state index contributed by atoms with van der Waals surface area (Å²) in [6.45, 7) is 5.23. The number of piperidine rings is 2. The van der Waals surface area contributed by atoms with Crippen molar-refractivity contribution in [2.45, 2.75) is 32.2 Å². The Kier molecular flexibility index (Phi) is 8.59. The van der Waals surface area contributed by atoms with Gasteiger partial charge in [0.15, 0.2) is 0 Å². The predicted molar refractivity (Wildman–Crippen MR) is 114 cm³/mol. The third-order valence-corrected chi connectivity index (χ3v) is 5.86. The zero-order chi connectivity index (χ0) is 20.1. The van der Waals surface area contributed by atoms with Crippen molar-refractivity contribution in [3.63, 3.8) is 0 Å². The van der Waals surface area contributed by atoms with E-state index in [0.717, 1.165) is 19.5 Å². The molecule has 0 aromatic heterocycles. The molecule has 1 aromatic carbocycles. The number of likely N-dealkylation sites (tertiary alicyclic amines) is 1. The number of hydrogen-bond donors (Lipinski definition) is 2. The van der Waals surface area contributed by atoms with Crippen molar-refractivity contribution >= 4 is 24.2 Å². The summed E-state index contributed by atoms with van der Waals surface area (Å²) in [7, 11) is 3.13. The third kappa shape index (κ3) is 5.76. The molecule has 0 radical (unpaired) electrons. The topological polar surface area (TPSA) is 79.9 Å². The van der Waals surface area contributed by atoms with E-state index in [4.69, 9.17) is 9.47 Å². The highest BCUT2D eigenvalue weighted by Crippen LogP contribution is 2.25. The maximum atomic E-state index is 12.9. The monoisotopic (exact) mass is 425 g/mol. The first-order valence-corrected chi connectivity index (χ1v) is 10.0. The van der Waals surface area contributed by atoms with Crippen LogP contribution in [0.15, 0.2) is 18.2 Å². The molecule has 162 valence electrons. The van der Waals surface area contributed by atoms with Gasteiger partial charge in [-0.05, 0) is 50.4 Å². The van der Waals surface area contributed by atoms with Crippen LogP contribution in [-0.4, -0.2) is 63.2 Å². The molecular formula is C21H32ClN3O4. The summed E-state index contributed by atoms with van der Waals surface area (Å²) < 4.78 is 10.5. The van der Waals surface area contributed by atoms with Crippen molar-refractivity contribution in [3.05, 3.63) is 23.8 Å². The van der Waals surface area contributed by atoms with E-state index in [0.29, 0.717) is 48.9 Å². The van der Waals surface area contributed by atoms with E-state index < -0.39 is 0 Å². The molecule has 2 saturated heterocycles. The first-order chi connectivity index (χ1) is 13.5. The number of nitrogens with zero attached hydrogens (tertiary/aromatic N) is 1. The molecule has 8 heteroatoms. The van der Waals surface area contributed by atoms with Crippen molar-refractivity contribution in [1.29, 1.82) is 0 Å². The molecule has 2 unspecified atom stereocenters. The van der Waals surface area contributed by atoms with Gasteiger partial charge in [-0.25, -0.2) is 0 Å². The van der Waals surface area contributed by atoms with Gasteiger partial charge in [0.2, 0.25) is 5.91 Å². The molecule has 2 N–H and O–H groups in total. The lowest BCUT2D eigenvalue weighted by Crippen LogP contribution is -2.51. The minimum Gasteiger partial charge on any atom is -0.497 e. The van der Waals surface area contributed by atoms with Crippen LogP contribution < -0.4 is 20.1 Å². The fourth-order valence-electron chi connectivity index (χ4n) is 3.99. The van der Waals surface area contributed by atoms with Crippen LogP contribution in [0, 0.1) is 11.8 Å². The first kappa shape index (κ1) is 23.3. The smallest absolute Gasteiger partial charge is 0.254 e. The van der Waals surface area contributed by atoms with E-state index in [1.165, 1.54) is 0 Å². The van der Waals surface area contributed by atoms with Gasteiger partial charge in [0.1, 0.15) is 11.5 Å². The maximum Gasteiger partial charge on any atom is 0.254 e. The Balaban J connectivity index is 0.00000300. The quantitative estimate of drug-likeness (QED) is 0.755. The lowest BCUT2D eigenvalue weighted by atomic mass is 9.91. The summed E-state index contributed by atoms with van der Waals surface area (Å²) >= 11 is 0. The summed E-state index contributed by atoms with van der Waals surface area (Å²) in [5, 5.41) is 6.58. The van der Waals surface area contributed by atoms with Crippen LogP contribution in [0.2, 0.25) is 0 Å². The molecule has 2 atom stereocenters. The lowest BCUT2D eigenvalue weighted by Gasteiger charge is -2.34. The molecule has 2 amide bonds. The van der Waals surface area contributed by atoms with Crippen LogP contribution in [-0.2, 0) is 4.79 Å². The van der Waals surface area contributed by atoms with E-state index in [1.54, 1.807) is 32.4 Å². The Morgan fingerprint density at radius 1 is 1.07 bits per heavy atom. The van der Waals surface area contributed by atoms with Crippen LogP contribution >= 0.6 is 12.4 Å². The van der Waals surface area contributed by atoms with Gasteiger partial charge in [0, 0.05) is 36.7 Å². The molecule has 0 bridgehead atoms. The van der Waals surface area contributed by atoms with Crippen LogP contribution in [0.25, 0.3) is 0 Å². The number of carbonyl (C=O) groups excluding carboxylic acids is 2. The molecular weight excluding hydrogens is 394 g/mol. The van der Waals surface area contributed by atoms with Crippen molar-refractivity contribution in [3.8, 4) is 11.5 Å².